The molecule has 2 aromatic carbocycles. The number of aromatic nitrogens is 3. The van der Waals surface area contributed by atoms with Crippen LogP contribution in [0, 0.1) is 6.92 Å². The van der Waals surface area contributed by atoms with Gasteiger partial charge in [-0.2, -0.15) is 0 Å². The number of rotatable bonds is 7. The van der Waals surface area contributed by atoms with Crippen LogP contribution in [-0.2, 0) is 9.53 Å². The molecule has 0 radical (unpaired) electrons. The highest BCUT2D eigenvalue weighted by Gasteiger charge is 2.11. The third-order valence-corrected chi connectivity index (χ3v) is 4.72. The summed E-state index contributed by atoms with van der Waals surface area (Å²) in [6.45, 7) is 4.08. The molecule has 2 N–H and O–H groups in total. The lowest BCUT2D eigenvalue weighted by Gasteiger charge is -2.06. The van der Waals surface area contributed by atoms with Crippen molar-refractivity contribution in [1.29, 1.82) is 0 Å². The smallest absolute Gasteiger partial charge is 0.338 e. The van der Waals surface area contributed by atoms with Crippen molar-refractivity contribution in [2.45, 2.75) is 19.0 Å². The van der Waals surface area contributed by atoms with Crippen molar-refractivity contribution in [2.75, 3.05) is 17.7 Å². The lowest BCUT2D eigenvalue weighted by Crippen LogP contribution is -2.14. The summed E-state index contributed by atoms with van der Waals surface area (Å²) in [6.07, 6.45) is 0. The third-order valence-electron chi connectivity index (χ3n) is 3.88. The van der Waals surface area contributed by atoms with Crippen LogP contribution in [0.1, 0.15) is 22.8 Å². The highest BCUT2D eigenvalue weighted by Crippen LogP contribution is 2.22. The average Bonchev–Trinajstić information content (AvgIpc) is 3.16. The average molecular weight is 396 g/mol. The van der Waals surface area contributed by atoms with E-state index in [1.807, 2.05) is 31.2 Å². The van der Waals surface area contributed by atoms with E-state index in [9.17, 15) is 9.59 Å². The Labute approximate surface area is 166 Å². The molecule has 1 heterocycles. The van der Waals surface area contributed by atoms with Crippen LogP contribution in [0.4, 0.5) is 5.69 Å². The number of H-pyrrole nitrogens is 1. The SMILES string of the molecule is CCOC(=O)c1ccc(NC(=O)CSc2n[nH]c(-c3ccccc3C)n2)cc1. The van der Waals surface area contributed by atoms with Crippen LogP contribution in [0.25, 0.3) is 11.4 Å². The summed E-state index contributed by atoms with van der Waals surface area (Å²) in [7, 11) is 0. The van der Waals surface area contributed by atoms with E-state index in [-0.39, 0.29) is 17.6 Å². The molecule has 0 aliphatic heterocycles. The molecular weight excluding hydrogens is 376 g/mol. The molecule has 8 heteroatoms. The lowest BCUT2D eigenvalue weighted by atomic mass is 10.1. The Morgan fingerprint density at radius 2 is 1.89 bits per heavy atom. The van der Waals surface area contributed by atoms with E-state index in [0.29, 0.717) is 28.8 Å². The zero-order valence-corrected chi connectivity index (χ0v) is 16.4. The minimum Gasteiger partial charge on any atom is -0.462 e. The van der Waals surface area contributed by atoms with Crippen LogP contribution in [0.2, 0.25) is 0 Å². The molecule has 7 nitrogen and oxygen atoms in total. The molecule has 28 heavy (non-hydrogen) atoms. The molecule has 0 spiro atoms. The van der Waals surface area contributed by atoms with Gasteiger partial charge < -0.3 is 10.1 Å². The number of nitrogens with one attached hydrogen (secondary N) is 2. The fourth-order valence-electron chi connectivity index (χ4n) is 2.50. The maximum Gasteiger partial charge on any atom is 0.338 e. The lowest BCUT2D eigenvalue weighted by molar-refractivity contribution is -0.113. The molecule has 1 amide bonds. The van der Waals surface area contributed by atoms with Crippen molar-refractivity contribution in [1.82, 2.24) is 15.2 Å². The predicted molar refractivity (Wildman–Crippen MR) is 108 cm³/mol. The summed E-state index contributed by atoms with van der Waals surface area (Å²) in [4.78, 5) is 28.2. The minimum atomic E-state index is -0.384. The van der Waals surface area contributed by atoms with Crippen LogP contribution in [0.5, 0.6) is 0 Å². The monoisotopic (exact) mass is 396 g/mol. The number of ether oxygens (including phenoxy) is 1. The summed E-state index contributed by atoms with van der Waals surface area (Å²) in [6, 6.07) is 14.4. The van der Waals surface area contributed by atoms with Gasteiger partial charge in [0.15, 0.2) is 5.82 Å². The molecule has 0 unspecified atom stereocenters. The fraction of sp³-hybridized carbons (Fsp3) is 0.200. The first-order valence-electron chi connectivity index (χ1n) is 8.75. The van der Waals surface area contributed by atoms with Crippen molar-refractivity contribution in [2.24, 2.45) is 0 Å². The Morgan fingerprint density at radius 3 is 2.61 bits per heavy atom. The zero-order chi connectivity index (χ0) is 19.9. The van der Waals surface area contributed by atoms with Gasteiger partial charge in [-0.3, -0.25) is 9.89 Å². The summed E-state index contributed by atoms with van der Waals surface area (Å²) in [5.74, 6) is 0.279. The highest BCUT2D eigenvalue weighted by atomic mass is 32.2. The molecule has 0 fully saturated rings. The van der Waals surface area contributed by atoms with Gasteiger partial charge in [0.25, 0.3) is 0 Å². The van der Waals surface area contributed by atoms with E-state index >= 15 is 0 Å². The first-order chi connectivity index (χ1) is 13.6. The quantitative estimate of drug-likeness (QED) is 0.467. The van der Waals surface area contributed by atoms with E-state index < -0.39 is 0 Å². The van der Waals surface area contributed by atoms with Crippen LogP contribution in [0.15, 0.2) is 53.7 Å². The second-order valence-corrected chi connectivity index (χ2v) is 6.86. The van der Waals surface area contributed by atoms with Crippen LogP contribution in [-0.4, -0.2) is 39.4 Å². The molecular formula is C20H20N4O3S. The van der Waals surface area contributed by atoms with Crippen molar-refractivity contribution < 1.29 is 14.3 Å². The Morgan fingerprint density at radius 1 is 1.14 bits per heavy atom. The Kier molecular flexibility index (Phi) is 6.44. The number of anilines is 1. The van der Waals surface area contributed by atoms with Gasteiger partial charge in [0.1, 0.15) is 0 Å². The van der Waals surface area contributed by atoms with Gasteiger partial charge in [0, 0.05) is 11.3 Å². The van der Waals surface area contributed by atoms with Crippen molar-refractivity contribution in [3.63, 3.8) is 0 Å². The molecule has 0 atom stereocenters. The normalized spacial score (nSPS) is 10.5. The highest BCUT2D eigenvalue weighted by molar-refractivity contribution is 7.99. The molecule has 3 aromatic rings. The van der Waals surface area contributed by atoms with E-state index in [1.54, 1.807) is 31.2 Å². The van der Waals surface area contributed by atoms with E-state index in [4.69, 9.17) is 4.74 Å². The number of aromatic amines is 1. The van der Waals surface area contributed by atoms with Gasteiger partial charge in [-0.1, -0.05) is 36.0 Å². The molecule has 3 rings (SSSR count). The standard InChI is InChI=1S/C20H20N4O3S/c1-3-27-19(26)14-8-10-15(11-9-14)21-17(25)12-28-20-22-18(23-24-20)16-7-5-4-6-13(16)2/h4-11H,3,12H2,1-2H3,(H,21,25)(H,22,23,24). The number of benzene rings is 2. The second-order valence-electron chi connectivity index (χ2n) is 5.92. The number of nitrogens with zero attached hydrogens (tertiary/aromatic N) is 2. The molecule has 0 aliphatic rings. The molecule has 1 aromatic heterocycles. The number of thioether (sulfide) groups is 1. The number of amides is 1. The summed E-state index contributed by atoms with van der Waals surface area (Å²) < 4.78 is 4.93. The minimum absolute atomic E-state index is 0.171. The predicted octanol–water partition coefficient (Wildman–Crippen LogP) is 3.69. The van der Waals surface area contributed by atoms with E-state index in [1.165, 1.54) is 11.8 Å². The topological polar surface area (TPSA) is 97.0 Å². The van der Waals surface area contributed by atoms with Crippen LogP contribution < -0.4 is 5.32 Å². The molecule has 0 saturated heterocycles. The van der Waals surface area contributed by atoms with Gasteiger partial charge in [0.2, 0.25) is 11.1 Å². The molecule has 144 valence electrons. The number of esters is 1. The largest absolute Gasteiger partial charge is 0.462 e. The van der Waals surface area contributed by atoms with Gasteiger partial charge in [0.05, 0.1) is 17.9 Å². The molecule has 0 bridgehead atoms. The summed E-state index contributed by atoms with van der Waals surface area (Å²) >= 11 is 1.24. The van der Waals surface area contributed by atoms with Gasteiger partial charge in [-0.25, -0.2) is 9.78 Å². The first kappa shape index (κ1) is 19.6. The van der Waals surface area contributed by atoms with E-state index in [2.05, 4.69) is 20.5 Å². The Balaban J connectivity index is 1.54. The third kappa shape index (κ3) is 4.98. The molecule has 0 aliphatic carbocycles. The van der Waals surface area contributed by atoms with Crippen molar-refractivity contribution in [3.05, 3.63) is 59.7 Å². The van der Waals surface area contributed by atoms with E-state index in [0.717, 1.165) is 11.1 Å². The Bertz CT molecular complexity index is 970. The number of carbonyl (C=O) groups excluding carboxylic acids is 2. The molecule has 0 saturated carbocycles. The number of hydrogen-bond donors (Lipinski definition) is 2. The number of aryl methyl sites for hydroxylation is 1. The van der Waals surface area contributed by atoms with Gasteiger partial charge >= 0.3 is 5.97 Å². The van der Waals surface area contributed by atoms with Gasteiger partial charge in [-0.15, -0.1) is 5.10 Å². The maximum atomic E-state index is 12.1. The second kappa shape index (κ2) is 9.18. The number of hydrogen-bond acceptors (Lipinski definition) is 6. The fourth-order valence-corrected chi connectivity index (χ4v) is 3.10. The van der Waals surface area contributed by atoms with Crippen molar-refractivity contribution in [3.8, 4) is 11.4 Å². The summed E-state index contributed by atoms with van der Waals surface area (Å²) in [5.41, 5.74) is 3.13. The zero-order valence-electron chi connectivity index (χ0n) is 15.6. The van der Waals surface area contributed by atoms with Gasteiger partial charge in [-0.05, 0) is 43.7 Å². The first-order valence-corrected chi connectivity index (χ1v) is 9.73. The van der Waals surface area contributed by atoms with Crippen LogP contribution in [0.3, 0.4) is 0 Å². The van der Waals surface area contributed by atoms with Crippen molar-refractivity contribution >= 4 is 29.3 Å². The number of carbonyl (C=O) groups is 2. The summed E-state index contributed by atoms with van der Waals surface area (Å²) in [5, 5.41) is 10.3. The van der Waals surface area contributed by atoms with Crippen LogP contribution >= 0.6 is 11.8 Å². The maximum absolute atomic E-state index is 12.1. The Hall–Kier alpha value is -3.13.